The zero-order valence-electron chi connectivity index (χ0n) is 7.21. The zero-order valence-corrected chi connectivity index (χ0v) is 7.21. The van der Waals surface area contributed by atoms with Gasteiger partial charge in [0.05, 0.1) is 13.2 Å². The smallest absolute Gasteiger partial charge is 0.185 e. The molecule has 0 saturated heterocycles. The molecule has 0 radical (unpaired) electrons. The first-order valence-electron chi connectivity index (χ1n) is 3.76. The largest absolute Gasteiger partial charge is 0.379 e. The minimum absolute atomic E-state index is 0.123. The number of guanidine groups is 1. The summed E-state index contributed by atoms with van der Waals surface area (Å²) < 4.78 is 5.23. The molecule has 0 aromatic heterocycles. The third-order valence-corrected chi connectivity index (χ3v) is 0.981. The molecule has 11 heavy (non-hydrogen) atoms. The normalized spacial score (nSPS) is 10.1. The maximum absolute atomic E-state index is 5.23. The maximum atomic E-state index is 5.23. The van der Waals surface area contributed by atoms with Crippen LogP contribution in [0.15, 0.2) is 4.99 Å². The van der Waals surface area contributed by atoms with Crippen molar-refractivity contribution in [2.75, 3.05) is 19.8 Å². The molecule has 0 aromatic rings. The van der Waals surface area contributed by atoms with Gasteiger partial charge in [0, 0.05) is 6.61 Å². The summed E-state index contributed by atoms with van der Waals surface area (Å²) in [6.07, 6.45) is 0. The minimum atomic E-state index is 0.123. The van der Waals surface area contributed by atoms with Crippen molar-refractivity contribution in [1.82, 2.24) is 0 Å². The van der Waals surface area contributed by atoms with E-state index < -0.39 is 0 Å². The number of nitrogens with zero attached hydrogens (tertiary/aromatic N) is 1. The molecule has 66 valence electrons. The molecule has 0 bridgehead atoms. The first-order chi connectivity index (χ1) is 5.13. The standard InChI is InChI=1S/C7H17N3O/c1-6(2)5-11-4-3-10-7(8)9/h6H,3-5H2,1-2H3,(H4,8,9,10). The van der Waals surface area contributed by atoms with Gasteiger partial charge in [-0.15, -0.1) is 0 Å². The second kappa shape index (κ2) is 5.97. The van der Waals surface area contributed by atoms with Crippen LogP contribution in [0.5, 0.6) is 0 Å². The van der Waals surface area contributed by atoms with E-state index in [1.165, 1.54) is 0 Å². The molecule has 0 saturated carbocycles. The van der Waals surface area contributed by atoms with E-state index in [1.54, 1.807) is 0 Å². The lowest BCUT2D eigenvalue weighted by molar-refractivity contribution is 0.117. The molecular weight excluding hydrogens is 142 g/mol. The van der Waals surface area contributed by atoms with Crippen LogP contribution < -0.4 is 11.5 Å². The second-order valence-electron chi connectivity index (χ2n) is 2.78. The van der Waals surface area contributed by atoms with Gasteiger partial charge in [0.1, 0.15) is 0 Å². The number of hydrogen-bond acceptors (Lipinski definition) is 2. The summed E-state index contributed by atoms with van der Waals surface area (Å²) in [6.45, 7) is 6.10. The van der Waals surface area contributed by atoms with Gasteiger partial charge >= 0.3 is 0 Å². The molecule has 0 aliphatic rings. The minimum Gasteiger partial charge on any atom is -0.379 e. The summed E-state index contributed by atoms with van der Waals surface area (Å²) in [4.78, 5) is 3.77. The van der Waals surface area contributed by atoms with Crippen LogP contribution in [0.1, 0.15) is 13.8 Å². The summed E-state index contributed by atoms with van der Waals surface area (Å²) in [5.41, 5.74) is 10.2. The van der Waals surface area contributed by atoms with Crippen molar-refractivity contribution in [1.29, 1.82) is 0 Å². The van der Waals surface area contributed by atoms with Gasteiger partial charge in [0.15, 0.2) is 5.96 Å². The van der Waals surface area contributed by atoms with E-state index in [2.05, 4.69) is 18.8 Å². The first kappa shape index (κ1) is 10.2. The van der Waals surface area contributed by atoms with Gasteiger partial charge in [-0.3, -0.25) is 4.99 Å². The quantitative estimate of drug-likeness (QED) is 0.335. The lowest BCUT2D eigenvalue weighted by Crippen LogP contribution is -2.23. The van der Waals surface area contributed by atoms with E-state index in [-0.39, 0.29) is 5.96 Å². The Morgan fingerprint density at radius 1 is 1.45 bits per heavy atom. The van der Waals surface area contributed by atoms with Gasteiger partial charge in [-0.25, -0.2) is 0 Å². The highest BCUT2D eigenvalue weighted by molar-refractivity contribution is 5.75. The van der Waals surface area contributed by atoms with Crippen LogP contribution in [0, 0.1) is 5.92 Å². The lowest BCUT2D eigenvalue weighted by atomic mass is 10.2. The average Bonchev–Trinajstić information content (AvgIpc) is 1.85. The summed E-state index contributed by atoms with van der Waals surface area (Å²) in [6, 6.07) is 0. The van der Waals surface area contributed by atoms with Crippen LogP contribution in [-0.2, 0) is 4.74 Å². The zero-order chi connectivity index (χ0) is 8.69. The van der Waals surface area contributed by atoms with Gasteiger partial charge in [-0.05, 0) is 5.92 Å². The molecule has 4 N–H and O–H groups in total. The van der Waals surface area contributed by atoms with Crippen LogP contribution in [0.25, 0.3) is 0 Å². The third kappa shape index (κ3) is 9.23. The fourth-order valence-corrected chi connectivity index (χ4v) is 0.558. The average molecular weight is 159 g/mol. The molecule has 0 unspecified atom stereocenters. The fraction of sp³-hybridized carbons (Fsp3) is 0.857. The maximum Gasteiger partial charge on any atom is 0.185 e. The van der Waals surface area contributed by atoms with E-state index in [0.717, 1.165) is 6.61 Å². The van der Waals surface area contributed by atoms with Gasteiger partial charge in [0.25, 0.3) is 0 Å². The molecular formula is C7H17N3O. The number of rotatable bonds is 5. The number of ether oxygens (including phenoxy) is 1. The van der Waals surface area contributed by atoms with Gasteiger partial charge < -0.3 is 16.2 Å². The molecule has 0 spiro atoms. The van der Waals surface area contributed by atoms with Gasteiger partial charge in [0.2, 0.25) is 0 Å². The Bertz CT molecular complexity index is 119. The highest BCUT2D eigenvalue weighted by Crippen LogP contribution is 1.91. The SMILES string of the molecule is CC(C)COCCN=C(N)N. The summed E-state index contributed by atoms with van der Waals surface area (Å²) in [5, 5.41) is 0. The third-order valence-electron chi connectivity index (χ3n) is 0.981. The van der Waals surface area contributed by atoms with Gasteiger partial charge in [-0.1, -0.05) is 13.8 Å². The first-order valence-corrected chi connectivity index (χ1v) is 3.76. The predicted molar refractivity (Wildman–Crippen MR) is 46.3 cm³/mol. The number of aliphatic imine (C=N–C) groups is 1. The summed E-state index contributed by atoms with van der Waals surface area (Å²) >= 11 is 0. The Morgan fingerprint density at radius 3 is 2.55 bits per heavy atom. The number of nitrogens with two attached hydrogens (primary N) is 2. The molecule has 0 fully saturated rings. The van der Waals surface area contributed by atoms with Crippen molar-refractivity contribution in [2.45, 2.75) is 13.8 Å². The predicted octanol–water partition coefficient (Wildman–Crippen LogP) is -0.0676. The van der Waals surface area contributed by atoms with E-state index in [9.17, 15) is 0 Å². The topological polar surface area (TPSA) is 73.6 Å². The van der Waals surface area contributed by atoms with Crippen molar-refractivity contribution >= 4 is 5.96 Å². The van der Waals surface area contributed by atoms with Crippen LogP contribution in [-0.4, -0.2) is 25.7 Å². The molecule has 0 atom stereocenters. The van der Waals surface area contributed by atoms with Gasteiger partial charge in [-0.2, -0.15) is 0 Å². The molecule has 0 rings (SSSR count). The Balaban J connectivity index is 3.09. The molecule has 0 aromatic carbocycles. The summed E-state index contributed by atoms with van der Waals surface area (Å²) in [5.74, 6) is 0.687. The fourth-order valence-electron chi connectivity index (χ4n) is 0.558. The van der Waals surface area contributed by atoms with Crippen molar-refractivity contribution in [3.8, 4) is 0 Å². The van der Waals surface area contributed by atoms with Crippen molar-refractivity contribution in [3.63, 3.8) is 0 Å². The Labute approximate surface area is 67.6 Å². The molecule has 0 amide bonds. The highest BCUT2D eigenvalue weighted by Gasteiger charge is 1.91. The molecule has 0 heterocycles. The number of hydrogen-bond donors (Lipinski definition) is 2. The van der Waals surface area contributed by atoms with Crippen molar-refractivity contribution < 1.29 is 4.74 Å². The van der Waals surface area contributed by atoms with E-state index in [1.807, 2.05) is 0 Å². The van der Waals surface area contributed by atoms with Crippen LogP contribution >= 0.6 is 0 Å². The molecule has 4 heteroatoms. The van der Waals surface area contributed by atoms with Crippen LogP contribution in [0.4, 0.5) is 0 Å². The van der Waals surface area contributed by atoms with Crippen LogP contribution in [0.2, 0.25) is 0 Å². The molecule has 0 aliphatic heterocycles. The Morgan fingerprint density at radius 2 is 2.09 bits per heavy atom. The molecule has 0 aliphatic carbocycles. The summed E-state index contributed by atoms with van der Waals surface area (Å²) in [7, 11) is 0. The van der Waals surface area contributed by atoms with Crippen LogP contribution in [0.3, 0.4) is 0 Å². The monoisotopic (exact) mass is 159 g/mol. The Kier molecular flexibility index (Phi) is 5.56. The van der Waals surface area contributed by atoms with E-state index in [0.29, 0.717) is 19.1 Å². The Hall–Kier alpha value is -0.770. The van der Waals surface area contributed by atoms with Crippen molar-refractivity contribution in [3.05, 3.63) is 0 Å². The van der Waals surface area contributed by atoms with E-state index >= 15 is 0 Å². The van der Waals surface area contributed by atoms with E-state index in [4.69, 9.17) is 16.2 Å². The second-order valence-corrected chi connectivity index (χ2v) is 2.78. The van der Waals surface area contributed by atoms with Crippen molar-refractivity contribution in [2.24, 2.45) is 22.4 Å². The highest BCUT2D eigenvalue weighted by atomic mass is 16.5. The lowest BCUT2D eigenvalue weighted by Gasteiger charge is -2.04. The molecule has 4 nitrogen and oxygen atoms in total.